The van der Waals surface area contributed by atoms with E-state index >= 15 is 0 Å². The molecule has 0 aromatic carbocycles. The first-order valence-corrected chi connectivity index (χ1v) is 22.9. The predicted molar refractivity (Wildman–Crippen MR) is 103 cm³/mol. The summed E-state index contributed by atoms with van der Waals surface area (Å²) in [5, 5.41) is 0. The maximum atomic E-state index is 6.47. The summed E-state index contributed by atoms with van der Waals surface area (Å²) in [4.78, 5) is 0. The second kappa shape index (κ2) is 6.81. The number of hydrogen-bond acceptors (Lipinski definition) is 4. The quantitative estimate of drug-likeness (QED) is 0.562. The molecule has 128 valence electrons. The molecule has 0 unspecified atom stereocenters. The molecule has 0 N–H and O–H groups in total. The Labute approximate surface area is 137 Å². The zero-order valence-electron chi connectivity index (χ0n) is 16.1. The molecule has 0 spiro atoms. The highest BCUT2D eigenvalue weighted by Gasteiger charge is 2.48. The fraction of sp³-hybridized carbons (Fsp3) is 1.00. The zero-order valence-corrected chi connectivity index (χ0v) is 21.1. The van der Waals surface area contributed by atoms with Crippen molar-refractivity contribution in [1.82, 2.24) is 0 Å². The van der Waals surface area contributed by atoms with Crippen molar-refractivity contribution >= 4 is 42.3 Å². The van der Waals surface area contributed by atoms with E-state index in [1.54, 1.807) is 0 Å². The van der Waals surface area contributed by atoms with Crippen LogP contribution in [0.3, 0.4) is 0 Å². The minimum absolute atomic E-state index is 1.64. The molecular weight excluding hydrogens is 349 g/mol. The van der Waals surface area contributed by atoms with Gasteiger partial charge >= 0.3 is 17.4 Å². The van der Waals surface area contributed by atoms with Crippen LogP contribution in [0, 0.1) is 0 Å². The first-order chi connectivity index (χ1) is 8.83. The van der Waals surface area contributed by atoms with Gasteiger partial charge in [-0.05, 0) is 72.0 Å². The fourth-order valence-corrected chi connectivity index (χ4v) is 22.9. The van der Waals surface area contributed by atoms with E-state index in [4.69, 9.17) is 16.5 Å². The lowest BCUT2D eigenvalue weighted by atomic mass is 11.8. The van der Waals surface area contributed by atoms with Crippen molar-refractivity contribution in [2.45, 2.75) is 78.6 Å². The second-order valence-corrected chi connectivity index (χ2v) is 29.5. The Bertz CT molecular complexity index is 325. The Balaban J connectivity index is 5.23. The summed E-state index contributed by atoms with van der Waals surface area (Å²) >= 11 is 0. The van der Waals surface area contributed by atoms with Gasteiger partial charge in [-0.3, -0.25) is 0 Å². The van der Waals surface area contributed by atoms with Crippen LogP contribution in [-0.4, -0.2) is 42.3 Å². The van der Waals surface area contributed by atoms with Crippen molar-refractivity contribution in [3.63, 3.8) is 0 Å². The molecule has 0 saturated carbocycles. The number of rotatable bonds is 8. The first kappa shape index (κ1) is 21.9. The average Bonchev–Trinajstić information content (AvgIpc) is 1.83. The first-order valence-electron chi connectivity index (χ1n) is 7.63. The molecule has 0 aliphatic heterocycles. The SMILES string of the molecule is C[Si](C)(C)O[Si](C)(C)O[Si](C)(O[Si](C)(C)C)O[Si](C)(C)C. The molecule has 0 rings (SSSR count). The van der Waals surface area contributed by atoms with E-state index in [2.05, 4.69) is 72.0 Å². The highest BCUT2D eigenvalue weighted by Crippen LogP contribution is 2.27. The molecule has 0 atom stereocenters. The minimum atomic E-state index is -2.67. The molecule has 4 nitrogen and oxygen atoms in total. The van der Waals surface area contributed by atoms with Crippen LogP contribution in [0.5, 0.6) is 0 Å². The van der Waals surface area contributed by atoms with Gasteiger partial charge in [0.1, 0.15) is 0 Å². The average molecular weight is 385 g/mol. The van der Waals surface area contributed by atoms with E-state index in [1.807, 2.05) is 6.55 Å². The topological polar surface area (TPSA) is 36.9 Å². The van der Waals surface area contributed by atoms with Gasteiger partial charge in [0.25, 0.3) is 0 Å². The van der Waals surface area contributed by atoms with Crippen LogP contribution in [0.4, 0.5) is 0 Å². The van der Waals surface area contributed by atoms with Crippen LogP contribution < -0.4 is 0 Å². The van der Waals surface area contributed by atoms with E-state index in [0.29, 0.717) is 0 Å². The maximum Gasteiger partial charge on any atom is 0.467 e. The molecule has 0 radical (unpaired) electrons. The molecule has 9 heteroatoms. The van der Waals surface area contributed by atoms with E-state index in [0.717, 1.165) is 0 Å². The highest BCUT2D eigenvalue weighted by atomic mass is 28.5. The molecule has 0 fully saturated rings. The molecule has 0 aliphatic carbocycles. The molecule has 0 saturated heterocycles. The smallest absolute Gasteiger partial charge is 0.437 e. The third-order valence-electron chi connectivity index (χ3n) is 1.97. The van der Waals surface area contributed by atoms with E-state index in [1.165, 1.54) is 0 Å². The Morgan fingerprint density at radius 3 is 0.905 bits per heavy atom. The summed E-state index contributed by atoms with van der Waals surface area (Å²) in [7, 11) is -10.0. The lowest BCUT2D eigenvalue weighted by Gasteiger charge is -2.42. The van der Waals surface area contributed by atoms with Gasteiger partial charge in [-0.1, -0.05) is 0 Å². The summed E-state index contributed by atoms with van der Waals surface area (Å²) in [5.41, 5.74) is 0. The monoisotopic (exact) mass is 384 g/mol. The maximum absolute atomic E-state index is 6.47. The zero-order chi connectivity index (χ0) is 17.3. The van der Waals surface area contributed by atoms with Crippen LogP contribution in [-0.2, 0) is 16.5 Å². The Hall–Kier alpha value is 0.924. The van der Waals surface area contributed by atoms with Crippen LogP contribution in [0.2, 0.25) is 78.6 Å². The standard InChI is InChI=1S/C12H36O4Si5/c1-17(2,3)13-20(10,11)16-21(12,14-18(4,5)6)15-19(7,8)9/h1-12H3. The lowest BCUT2D eigenvalue weighted by Crippen LogP contribution is -2.61. The van der Waals surface area contributed by atoms with Gasteiger partial charge in [0.15, 0.2) is 25.0 Å². The molecule has 0 heterocycles. The largest absolute Gasteiger partial charge is 0.467 e. The van der Waals surface area contributed by atoms with Gasteiger partial charge in [0.2, 0.25) is 0 Å². The van der Waals surface area contributed by atoms with E-state index < -0.39 is 42.3 Å². The highest BCUT2D eigenvalue weighted by molar-refractivity contribution is 6.90. The summed E-state index contributed by atoms with van der Waals surface area (Å²) < 4.78 is 25.6. The second-order valence-electron chi connectivity index (χ2n) is 9.01. The Morgan fingerprint density at radius 2 is 0.667 bits per heavy atom. The summed E-state index contributed by atoms with van der Waals surface area (Å²) in [6, 6.07) is 0. The van der Waals surface area contributed by atoms with Crippen LogP contribution in [0.25, 0.3) is 0 Å². The Morgan fingerprint density at radius 1 is 0.381 bits per heavy atom. The van der Waals surface area contributed by atoms with Crippen molar-refractivity contribution in [2.24, 2.45) is 0 Å². The molecule has 0 aromatic rings. The van der Waals surface area contributed by atoms with Crippen molar-refractivity contribution in [2.75, 3.05) is 0 Å². The lowest BCUT2D eigenvalue weighted by molar-refractivity contribution is 0.236. The fourth-order valence-electron chi connectivity index (χ4n) is 2.38. The minimum Gasteiger partial charge on any atom is -0.437 e. The normalized spacial score (nSPS) is 15.4. The molecule has 0 bridgehead atoms. The van der Waals surface area contributed by atoms with Gasteiger partial charge in [-0.25, -0.2) is 0 Å². The predicted octanol–water partition coefficient (Wildman–Crippen LogP) is 4.83. The van der Waals surface area contributed by atoms with Gasteiger partial charge in [-0.15, -0.1) is 0 Å². The van der Waals surface area contributed by atoms with Crippen molar-refractivity contribution in [3.05, 3.63) is 0 Å². The van der Waals surface area contributed by atoms with E-state index in [-0.39, 0.29) is 0 Å². The van der Waals surface area contributed by atoms with Crippen molar-refractivity contribution in [1.29, 1.82) is 0 Å². The molecule has 0 amide bonds. The van der Waals surface area contributed by atoms with Crippen molar-refractivity contribution < 1.29 is 16.5 Å². The van der Waals surface area contributed by atoms with Crippen LogP contribution in [0.15, 0.2) is 0 Å². The molecule has 0 aliphatic rings. The molecule has 21 heavy (non-hydrogen) atoms. The van der Waals surface area contributed by atoms with Crippen LogP contribution in [0.1, 0.15) is 0 Å². The Kier molecular flexibility index (Phi) is 7.11. The van der Waals surface area contributed by atoms with Crippen molar-refractivity contribution in [3.8, 4) is 0 Å². The summed E-state index contributed by atoms with van der Waals surface area (Å²) in [6.45, 7) is 26.0. The van der Waals surface area contributed by atoms with Gasteiger partial charge in [0, 0.05) is 6.55 Å². The van der Waals surface area contributed by atoms with E-state index in [9.17, 15) is 0 Å². The summed E-state index contributed by atoms with van der Waals surface area (Å²) in [6.07, 6.45) is 0. The number of hydrogen-bond donors (Lipinski definition) is 0. The summed E-state index contributed by atoms with van der Waals surface area (Å²) in [5.74, 6) is 0. The molecule has 0 aromatic heterocycles. The third-order valence-corrected chi connectivity index (χ3v) is 17.7. The van der Waals surface area contributed by atoms with Gasteiger partial charge < -0.3 is 16.5 Å². The van der Waals surface area contributed by atoms with Crippen LogP contribution >= 0.6 is 0 Å². The van der Waals surface area contributed by atoms with Gasteiger partial charge in [0.05, 0.1) is 0 Å². The van der Waals surface area contributed by atoms with Gasteiger partial charge in [-0.2, -0.15) is 0 Å². The molecular formula is C12H36O4Si5. The third kappa shape index (κ3) is 12.1.